The molecule has 0 unspecified atom stereocenters. The van der Waals surface area contributed by atoms with E-state index in [1.807, 2.05) is 0 Å². The normalized spacial score (nSPS) is 10.0. The molecule has 2 aromatic rings. The summed E-state index contributed by atoms with van der Waals surface area (Å²) in [4.78, 5) is 18.5. The highest BCUT2D eigenvalue weighted by Gasteiger charge is 2.09. The maximum absolute atomic E-state index is 11.3. The maximum Gasteiger partial charge on any atom is 0.253 e. The third kappa shape index (κ3) is 2.72. The molecule has 0 spiro atoms. The highest BCUT2D eigenvalue weighted by molar-refractivity contribution is 9.10. The highest BCUT2D eigenvalue weighted by Crippen LogP contribution is 2.31. The van der Waals surface area contributed by atoms with Gasteiger partial charge in [-0.15, -0.1) is 0 Å². The summed E-state index contributed by atoms with van der Waals surface area (Å²) >= 11 is 4.48. The number of nitriles is 1. The van der Waals surface area contributed by atoms with E-state index in [4.69, 9.17) is 11.0 Å². The van der Waals surface area contributed by atoms with Crippen LogP contribution in [-0.4, -0.2) is 9.97 Å². The van der Waals surface area contributed by atoms with Crippen molar-refractivity contribution in [3.8, 4) is 6.07 Å². The molecule has 0 fully saturated rings. The summed E-state index contributed by atoms with van der Waals surface area (Å²) in [6.07, 6.45) is 0. The van der Waals surface area contributed by atoms with E-state index in [0.717, 1.165) is 0 Å². The van der Waals surface area contributed by atoms with Crippen molar-refractivity contribution in [2.75, 3.05) is 5.73 Å². The fourth-order valence-electron chi connectivity index (χ4n) is 1.30. The molecular weight excluding hydrogens is 316 g/mol. The molecule has 5 nitrogen and oxygen atoms in total. The van der Waals surface area contributed by atoms with Crippen LogP contribution in [0.25, 0.3) is 0 Å². The Bertz CT molecular complexity index is 692. The van der Waals surface area contributed by atoms with Gasteiger partial charge in [-0.05, 0) is 28.1 Å². The van der Waals surface area contributed by atoms with Crippen molar-refractivity contribution in [3.05, 3.63) is 44.7 Å². The van der Waals surface area contributed by atoms with Crippen molar-refractivity contribution >= 4 is 33.5 Å². The Kier molecular flexibility index (Phi) is 3.69. The lowest BCUT2D eigenvalue weighted by molar-refractivity contribution is 0.945. The molecule has 1 aromatic heterocycles. The average Bonchev–Trinajstić information content (AvgIpc) is 2.27. The summed E-state index contributed by atoms with van der Waals surface area (Å²) in [6, 6.07) is 8.65. The van der Waals surface area contributed by atoms with E-state index in [1.165, 1.54) is 17.8 Å². The number of nitrogen functional groups attached to an aromatic ring is 1. The fraction of sp³-hybridized carbons (Fsp3) is 0. The quantitative estimate of drug-likeness (QED) is 0.826. The van der Waals surface area contributed by atoms with Crippen molar-refractivity contribution in [1.82, 2.24) is 9.97 Å². The second-order valence-corrected chi connectivity index (χ2v) is 5.19. The summed E-state index contributed by atoms with van der Waals surface area (Å²) in [6.45, 7) is 0. The Labute approximate surface area is 115 Å². The lowest BCUT2D eigenvalue weighted by atomic mass is 10.2. The number of anilines is 1. The molecule has 0 saturated carbocycles. The van der Waals surface area contributed by atoms with Gasteiger partial charge in [0.05, 0.1) is 5.56 Å². The van der Waals surface area contributed by atoms with Gasteiger partial charge in [-0.25, -0.2) is 4.98 Å². The fourth-order valence-corrected chi connectivity index (χ4v) is 2.80. The number of aromatic amines is 1. The molecule has 7 heteroatoms. The van der Waals surface area contributed by atoms with Crippen LogP contribution in [0.1, 0.15) is 5.56 Å². The van der Waals surface area contributed by atoms with Gasteiger partial charge in [0.1, 0.15) is 11.9 Å². The number of rotatable bonds is 2. The zero-order valence-electron chi connectivity index (χ0n) is 8.98. The zero-order chi connectivity index (χ0) is 13.1. The van der Waals surface area contributed by atoms with Gasteiger partial charge < -0.3 is 10.7 Å². The highest BCUT2D eigenvalue weighted by atomic mass is 79.9. The Morgan fingerprint density at radius 1 is 1.50 bits per heavy atom. The van der Waals surface area contributed by atoms with E-state index in [-0.39, 0.29) is 11.4 Å². The van der Waals surface area contributed by atoms with Crippen molar-refractivity contribution < 1.29 is 0 Å². The van der Waals surface area contributed by atoms with Crippen molar-refractivity contribution in [2.45, 2.75) is 10.1 Å². The number of nitrogens with zero attached hydrogens (tertiary/aromatic N) is 2. The van der Waals surface area contributed by atoms with Crippen LogP contribution in [0.3, 0.4) is 0 Å². The summed E-state index contributed by atoms with van der Waals surface area (Å²) in [7, 11) is 0. The second-order valence-electron chi connectivity index (χ2n) is 3.30. The SMILES string of the molecule is N#Cc1c(Br)cccc1Sc1nc(N)cc(=O)[nH]1. The molecule has 0 saturated heterocycles. The number of benzene rings is 1. The Morgan fingerprint density at radius 3 is 2.94 bits per heavy atom. The first kappa shape index (κ1) is 12.7. The maximum atomic E-state index is 11.3. The van der Waals surface area contributed by atoms with Gasteiger partial charge >= 0.3 is 0 Å². The minimum atomic E-state index is -0.321. The Balaban J connectivity index is 2.44. The van der Waals surface area contributed by atoms with Crippen molar-refractivity contribution in [2.24, 2.45) is 0 Å². The van der Waals surface area contributed by atoms with Crippen LogP contribution in [0.2, 0.25) is 0 Å². The largest absolute Gasteiger partial charge is 0.383 e. The van der Waals surface area contributed by atoms with Gasteiger partial charge in [-0.1, -0.05) is 17.8 Å². The molecule has 0 aliphatic heterocycles. The Morgan fingerprint density at radius 2 is 2.28 bits per heavy atom. The smallest absolute Gasteiger partial charge is 0.253 e. The molecule has 0 aliphatic rings. The van der Waals surface area contributed by atoms with E-state index >= 15 is 0 Å². The third-order valence-electron chi connectivity index (χ3n) is 2.03. The Hall–Kier alpha value is -1.78. The number of nitrogens with two attached hydrogens (primary N) is 1. The predicted octanol–water partition coefficient (Wildman–Crippen LogP) is 2.14. The molecular formula is C11H7BrN4OS. The van der Waals surface area contributed by atoms with E-state index in [1.54, 1.807) is 18.2 Å². The van der Waals surface area contributed by atoms with Crippen LogP contribution in [0.5, 0.6) is 0 Å². The van der Waals surface area contributed by atoms with E-state index in [0.29, 0.717) is 20.1 Å². The number of halogens is 1. The zero-order valence-corrected chi connectivity index (χ0v) is 11.4. The average molecular weight is 323 g/mol. The molecule has 18 heavy (non-hydrogen) atoms. The third-order valence-corrected chi connectivity index (χ3v) is 3.64. The van der Waals surface area contributed by atoms with Crippen LogP contribution < -0.4 is 11.3 Å². The van der Waals surface area contributed by atoms with Gasteiger partial charge in [-0.2, -0.15) is 5.26 Å². The lowest BCUT2D eigenvalue weighted by Gasteiger charge is -2.04. The first-order valence-corrected chi connectivity index (χ1v) is 6.44. The van der Waals surface area contributed by atoms with Crippen LogP contribution in [0.4, 0.5) is 5.82 Å². The molecule has 0 aliphatic carbocycles. The molecule has 90 valence electrons. The van der Waals surface area contributed by atoms with Crippen LogP contribution in [0, 0.1) is 11.3 Å². The first-order chi connectivity index (χ1) is 8.60. The molecule has 0 bridgehead atoms. The molecule has 1 aromatic carbocycles. The minimum absolute atomic E-state index is 0.148. The van der Waals surface area contributed by atoms with Gasteiger partial charge in [0.25, 0.3) is 5.56 Å². The summed E-state index contributed by atoms with van der Waals surface area (Å²) in [5.41, 5.74) is 5.67. The van der Waals surface area contributed by atoms with Crippen molar-refractivity contribution in [1.29, 1.82) is 5.26 Å². The van der Waals surface area contributed by atoms with Crippen LogP contribution in [-0.2, 0) is 0 Å². The van der Waals surface area contributed by atoms with E-state index < -0.39 is 0 Å². The first-order valence-electron chi connectivity index (χ1n) is 4.83. The number of aromatic nitrogens is 2. The van der Waals surface area contributed by atoms with Crippen LogP contribution in [0.15, 0.2) is 43.6 Å². The predicted molar refractivity (Wildman–Crippen MR) is 72.3 cm³/mol. The standard InChI is InChI=1S/C11H7BrN4OS/c12-7-2-1-3-8(6(7)5-13)18-11-15-9(14)4-10(17)16-11/h1-4H,(H3,14,15,16,17). The van der Waals surface area contributed by atoms with E-state index in [9.17, 15) is 4.79 Å². The lowest BCUT2D eigenvalue weighted by Crippen LogP contribution is -2.09. The van der Waals surface area contributed by atoms with Gasteiger partial charge in [0.15, 0.2) is 5.16 Å². The summed E-state index contributed by atoms with van der Waals surface area (Å²) < 4.78 is 0.696. The van der Waals surface area contributed by atoms with Crippen LogP contribution >= 0.6 is 27.7 Å². The molecule has 0 atom stereocenters. The van der Waals surface area contributed by atoms with Crippen molar-refractivity contribution in [3.63, 3.8) is 0 Å². The summed E-state index contributed by atoms with van der Waals surface area (Å²) in [5.74, 6) is 0.148. The molecule has 3 N–H and O–H groups in total. The molecule has 1 heterocycles. The molecule has 0 radical (unpaired) electrons. The number of nitrogens with one attached hydrogen (secondary N) is 1. The minimum Gasteiger partial charge on any atom is -0.383 e. The van der Waals surface area contributed by atoms with Gasteiger partial charge in [0.2, 0.25) is 0 Å². The second kappa shape index (κ2) is 5.25. The monoisotopic (exact) mass is 322 g/mol. The molecule has 2 rings (SSSR count). The summed E-state index contributed by atoms with van der Waals surface area (Å²) in [5, 5.41) is 9.43. The number of H-pyrrole nitrogens is 1. The van der Waals surface area contributed by atoms with Gasteiger partial charge in [-0.3, -0.25) is 4.79 Å². The number of hydrogen-bond donors (Lipinski definition) is 2. The van der Waals surface area contributed by atoms with E-state index in [2.05, 4.69) is 32.0 Å². The molecule has 0 amide bonds. The number of hydrogen-bond acceptors (Lipinski definition) is 5. The topological polar surface area (TPSA) is 95.6 Å². The van der Waals surface area contributed by atoms with Gasteiger partial charge in [0, 0.05) is 15.4 Å².